The van der Waals surface area contributed by atoms with E-state index in [1.54, 1.807) is 24.3 Å². The summed E-state index contributed by atoms with van der Waals surface area (Å²) in [4.78, 5) is 23.7. The van der Waals surface area contributed by atoms with Gasteiger partial charge in [0.25, 0.3) is 0 Å². The lowest BCUT2D eigenvalue weighted by Gasteiger charge is -2.03. The van der Waals surface area contributed by atoms with Crippen molar-refractivity contribution in [3.63, 3.8) is 0 Å². The predicted molar refractivity (Wildman–Crippen MR) is 91.0 cm³/mol. The first-order chi connectivity index (χ1) is 11.6. The lowest BCUT2D eigenvalue weighted by Crippen LogP contribution is -2.12. The van der Waals surface area contributed by atoms with Gasteiger partial charge in [0.1, 0.15) is 0 Å². The molecule has 1 heterocycles. The van der Waals surface area contributed by atoms with E-state index in [0.29, 0.717) is 17.1 Å². The normalized spacial score (nSPS) is 12.4. The molecular formula is C18H13BrO5. The number of fused-ring (bicyclic) bond motifs is 1. The largest absolute Gasteiger partial charge is 0.454 e. The van der Waals surface area contributed by atoms with E-state index in [0.717, 1.165) is 10.0 Å². The molecule has 0 amide bonds. The van der Waals surface area contributed by atoms with Gasteiger partial charge in [0, 0.05) is 16.1 Å². The summed E-state index contributed by atoms with van der Waals surface area (Å²) in [6.45, 7) is -0.189. The third-order valence-electron chi connectivity index (χ3n) is 3.32. The van der Waals surface area contributed by atoms with Gasteiger partial charge in [-0.15, -0.1) is 0 Å². The maximum atomic E-state index is 12.1. The second kappa shape index (κ2) is 7.31. The third-order valence-corrected chi connectivity index (χ3v) is 3.85. The van der Waals surface area contributed by atoms with Gasteiger partial charge in [-0.1, -0.05) is 28.1 Å². The molecule has 3 rings (SSSR count). The third kappa shape index (κ3) is 4.02. The zero-order valence-electron chi connectivity index (χ0n) is 12.5. The van der Waals surface area contributed by atoms with Crippen LogP contribution in [0.2, 0.25) is 0 Å². The predicted octanol–water partition coefficient (Wildman–Crippen LogP) is 3.62. The molecule has 2 aromatic carbocycles. The first kappa shape index (κ1) is 16.3. The number of hydrogen-bond donors (Lipinski definition) is 0. The molecule has 0 aliphatic carbocycles. The summed E-state index contributed by atoms with van der Waals surface area (Å²) in [5, 5.41) is 0. The number of ether oxygens (including phenoxy) is 3. The Kier molecular flexibility index (Phi) is 4.96. The zero-order chi connectivity index (χ0) is 16.9. The minimum absolute atomic E-state index is 0.142. The van der Waals surface area contributed by atoms with E-state index in [1.807, 2.05) is 24.3 Å². The molecule has 0 unspecified atom stereocenters. The maximum absolute atomic E-state index is 12.1. The minimum Gasteiger partial charge on any atom is -0.454 e. The highest BCUT2D eigenvalue weighted by molar-refractivity contribution is 9.10. The lowest BCUT2D eigenvalue weighted by atomic mass is 10.1. The number of halogens is 1. The molecule has 2 aromatic rings. The van der Waals surface area contributed by atoms with Crippen molar-refractivity contribution in [3.05, 3.63) is 64.1 Å². The monoisotopic (exact) mass is 388 g/mol. The van der Waals surface area contributed by atoms with Gasteiger partial charge in [0.15, 0.2) is 23.9 Å². The number of carbonyl (C=O) groups excluding carboxylic acids is 2. The van der Waals surface area contributed by atoms with Crippen LogP contribution in [0.4, 0.5) is 0 Å². The van der Waals surface area contributed by atoms with E-state index >= 15 is 0 Å². The van der Waals surface area contributed by atoms with E-state index in [1.165, 1.54) is 6.08 Å². The molecule has 1 aliphatic heterocycles. The van der Waals surface area contributed by atoms with Gasteiger partial charge in [-0.25, -0.2) is 4.79 Å². The molecule has 0 saturated carbocycles. The minimum atomic E-state index is -0.577. The highest BCUT2D eigenvalue weighted by atomic mass is 79.9. The van der Waals surface area contributed by atoms with Gasteiger partial charge in [-0.05, 0) is 42.0 Å². The Morgan fingerprint density at radius 3 is 2.62 bits per heavy atom. The van der Waals surface area contributed by atoms with Crippen molar-refractivity contribution in [2.75, 3.05) is 13.4 Å². The van der Waals surface area contributed by atoms with Crippen LogP contribution in [0.5, 0.6) is 11.5 Å². The van der Waals surface area contributed by atoms with Gasteiger partial charge in [0.05, 0.1) is 0 Å². The van der Waals surface area contributed by atoms with Crippen LogP contribution in [-0.2, 0) is 9.53 Å². The Bertz CT molecular complexity index is 796. The Morgan fingerprint density at radius 2 is 1.83 bits per heavy atom. The van der Waals surface area contributed by atoms with Crippen LogP contribution in [-0.4, -0.2) is 25.2 Å². The fourth-order valence-electron chi connectivity index (χ4n) is 2.08. The summed E-state index contributed by atoms with van der Waals surface area (Å²) in [5.41, 5.74) is 1.26. The fraction of sp³-hybridized carbons (Fsp3) is 0.111. The number of ketones is 1. The van der Waals surface area contributed by atoms with Gasteiger partial charge < -0.3 is 14.2 Å². The number of esters is 1. The molecule has 0 fully saturated rings. The van der Waals surface area contributed by atoms with Gasteiger partial charge in [0.2, 0.25) is 6.79 Å². The van der Waals surface area contributed by atoms with Gasteiger partial charge in [-0.2, -0.15) is 0 Å². The van der Waals surface area contributed by atoms with Crippen LogP contribution in [0.25, 0.3) is 6.08 Å². The Hall–Kier alpha value is -2.60. The Labute approximate surface area is 147 Å². The van der Waals surface area contributed by atoms with Crippen molar-refractivity contribution >= 4 is 33.8 Å². The molecule has 6 heteroatoms. The molecule has 122 valence electrons. The smallest absolute Gasteiger partial charge is 0.331 e. The van der Waals surface area contributed by atoms with Crippen LogP contribution in [0.1, 0.15) is 15.9 Å². The SMILES string of the molecule is O=C(/C=C/c1ccc(Br)cc1)OCC(=O)c1ccc2c(c1)OCO2. The summed E-state index contributed by atoms with van der Waals surface area (Å²) in [7, 11) is 0. The standard InChI is InChI=1S/C18H13BrO5/c19-14-5-1-12(2-6-14)3-8-18(21)22-10-15(20)13-4-7-16-17(9-13)24-11-23-16/h1-9H,10-11H2/b8-3+. The van der Waals surface area contributed by atoms with Crippen molar-refractivity contribution in [3.8, 4) is 11.5 Å². The number of carbonyl (C=O) groups is 2. The molecular weight excluding hydrogens is 376 g/mol. The Balaban J connectivity index is 1.54. The number of rotatable bonds is 5. The van der Waals surface area contributed by atoms with Crippen molar-refractivity contribution < 1.29 is 23.8 Å². The molecule has 24 heavy (non-hydrogen) atoms. The van der Waals surface area contributed by atoms with Crippen molar-refractivity contribution in [2.24, 2.45) is 0 Å². The van der Waals surface area contributed by atoms with Crippen molar-refractivity contribution in [2.45, 2.75) is 0 Å². The molecule has 1 aliphatic rings. The van der Waals surface area contributed by atoms with E-state index in [-0.39, 0.29) is 19.2 Å². The van der Waals surface area contributed by atoms with Gasteiger partial charge >= 0.3 is 5.97 Å². The highest BCUT2D eigenvalue weighted by Gasteiger charge is 2.16. The van der Waals surface area contributed by atoms with Crippen LogP contribution in [0.3, 0.4) is 0 Å². The average molecular weight is 389 g/mol. The molecule has 0 bridgehead atoms. The highest BCUT2D eigenvalue weighted by Crippen LogP contribution is 2.32. The maximum Gasteiger partial charge on any atom is 0.331 e. The first-order valence-electron chi connectivity index (χ1n) is 7.15. The molecule has 5 nitrogen and oxygen atoms in total. The Morgan fingerprint density at radius 1 is 1.08 bits per heavy atom. The van der Waals surface area contributed by atoms with Crippen LogP contribution < -0.4 is 9.47 Å². The second-order valence-corrected chi connectivity index (χ2v) is 5.90. The second-order valence-electron chi connectivity index (χ2n) is 4.98. The molecule has 0 saturated heterocycles. The van der Waals surface area contributed by atoms with Crippen LogP contribution >= 0.6 is 15.9 Å². The summed E-state index contributed by atoms with van der Waals surface area (Å²) in [6.07, 6.45) is 2.91. The quantitative estimate of drug-likeness (QED) is 0.444. The summed E-state index contributed by atoms with van der Waals surface area (Å²) in [5.74, 6) is 0.231. The van der Waals surface area contributed by atoms with Crippen molar-refractivity contribution in [1.82, 2.24) is 0 Å². The molecule has 0 atom stereocenters. The number of benzene rings is 2. The summed E-state index contributed by atoms with van der Waals surface area (Å²) >= 11 is 3.34. The van der Waals surface area contributed by atoms with Crippen molar-refractivity contribution in [1.29, 1.82) is 0 Å². The van der Waals surface area contributed by atoms with E-state index < -0.39 is 5.97 Å². The van der Waals surface area contributed by atoms with Crippen LogP contribution in [0, 0.1) is 0 Å². The van der Waals surface area contributed by atoms with Gasteiger partial charge in [-0.3, -0.25) is 4.79 Å². The number of Topliss-reactive ketones (excluding diaryl/α,β-unsaturated/α-hetero) is 1. The molecule has 0 N–H and O–H groups in total. The van der Waals surface area contributed by atoms with E-state index in [2.05, 4.69) is 15.9 Å². The number of hydrogen-bond acceptors (Lipinski definition) is 5. The molecule has 0 spiro atoms. The zero-order valence-corrected chi connectivity index (χ0v) is 14.1. The topological polar surface area (TPSA) is 61.8 Å². The molecule has 0 radical (unpaired) electrons. The summed E-state index contributed by atoms with van der Waals surface area (Å²) < 4.78 is 16.3. The molecule has 0 aromatic heterocycles. The first-order valence-corrected chi connectivity index (χ1v) is 7.94. The van der Waals surface area contributed by atoms with Crippen LogP contribution in [0.15, 0.2) is 53.0 Å². The van der Waals surface area contributed by atoms with E-state index in [4.69, 9.17) is 14.2 Å². The van der Waals surface area contributed by atoms with E-state index in [9.17, 15) is 9.59 Å². The lowest BCUT2D eigenvalue weighted by molar-refractivity contribution is -0.136. The fourth-order valence-corrected chi connectivity index (χ4v) is 2.34. The average Bonchev–Trinajstić information content (AvgIpc) is 3.06. The summed E-state index contributed by atoms with van der Waals surface area (Å²) in [6, 6.07) is 12.3.